The maximum absolute atomic E-state index is 13.5. The first-order valence-corrected chi connectivity index (χ1v) is 11.0. The van der Waals surface area contributed by atoms with Crippen molar-refractivity contribution in [2.45, 2.75) is 13.1 Å². The van der Waals surface area contributed by atoms with Gasteiger partial charge in [0.2, 0.25) is 0 Å². The van der Waals surface area contributed by atoms with E-state index in [0.717, 1.165) is 0 Å². The van der Waals surface area contributed by atoms with Crippen LogP contribution in [-0.2, 0) is 13.1 Å². The highest BCUT2D eigenvalue weighted by Crippen LogP contribution is 2.24. The van der Waals surface area contributed by atoms with E-state index in [9.17, 15) is 18.8 Å². The van der Waals surface area contributed by atoms with Gasteiger partial charge in [-0.15, -0.1) is 0 Å². The maximum Gasteiger partial charge on any atom is 0.349 e. The van der Waals surface area contributed by atoms with Crippen molar-refractivity contribution < 1.29 is 18.3 Å². The Balaban J connectivity index is 1.30. The van der Waals surface area contributed by atoms with Crippen molar-refractivity contribution in [2.75, 3.05) is 13.7 Å². The first kappa shape index (κ1) is 23.0. The Morgan fingerprint density at radius 1 is 1.17 bits per heavy atom. The summed E-state index contributed by atoms with van der Waals surface area (Å²) in [5, 5.41) is 7.71. The van der Waals surface area contributed by atoms with Gasteiger partial charge in [0.05, 0.1) is 26.4 Å². The second-order valence-corrected chi connectivity index (χ2v) is 7.99. The molecule has 0 aliphatic heterocycles. The summed E-state index contributed by atoms with van der Waals surface area (Å²) in [6, 6.07) is 12.5. The monoisotopic (exact) mass is 489 g/mol. The van der Waals surface area contributed by atoms with E-state index in [1.807, 2.05) is 0 Å². The Morgan fingerprint density at radius 3 is 2.81 bits per heavy atom. The van der Waals surface area contributed by atoms with Crippen molar-refractivity contribution in [1.29, 1.82) is 0 Å². The normalized spacial score (nSPS) is 11.2. The molecule has 0 aliphatic carbocycles. The summed E-state index contributed by atoms with van der Waals surface area (Å²) in [6.07, 6.45) is 2.78. The van der Waals surface area contributed by atoms with Crippen LogP contribution in [0.5, 0.6) is 5.75 Å². The lowest BCUT2D eigenvalue weighted by Gasteiger charge is -2.08. The zero-order valence-electron chi connectivity index (χ0n) is 19.1. The fourth-order valence-electron chi connectivity index (χ4n) is 3.91. The number of benzene rings is 2. The number of rotatable bonds is 7. The highest BCUT2D eigenvalue weighted by atomic mass is 19.1. The molecule has 36 heavy (non-hydrogen) atoms. The predicted molar refractivity (Wildman–Crippen MR) is 129 cm³/mol. The molecule has 0 aliphatic rings. The van der Waals surface area contributed by atoms with Gasteiger partial charge in [-0.2, -0.15) is 5.10 Å². The number of amides is 1. The fraction of sp³-hybridized carbons (Fsp3) is 0.160. The molecule has 182 valence electrons. The number of methoxy groups -OCH3 is 1. The number of carbonyl (C=O) groups is 1. The number of nitrogens with one attached hydrogen (secondary N) is 1. The molecule has 3 aromatic heterocycles. The van der Waals surface area contributed by atoms with Gasteiger partial charge in [-0.3, -0.25) is 14.2 Å². The van der Waals surface area contributed by atoms with Crippen LogP contribution < -0.4 is 21.2 Å². The van der Waals surface area contributed by atoms with Crippen LogP contribution in [0.15, 0.2) is 75.1 Å². The molecule has 0 fully saturated rings. The van der Waals surface area contributed by atoms with Crippen LogP contribution in [-0.4, -0.2) is 38.9 Å². The quantitative estimate of drug-likeness (QED) is 0.348. The number of para-hydroxylation sites is 1. The smallest absolute Gasteiger partial charge is 0.349 e. The number of hydrogen-bond donors (Lipinski definition) is 1. The molecule has 5 aromatic rings. The number of ether oxygens (including phenoxy) is 1. The van der Waals surface area contributed by atoms with E-state index in [-0.39, 0.29) is 42.2 Å². The molecule has 0 saturated heterocycles. The van der Waals surface area contributed by atoms with Gasteiger partial charge in [0.25, 0.3) is 11.5 Å². The van der Waals surface area contributed by atoms with Gasteiger partial charge in [0.15, 0.2) is 17.0 Å². The van der Waals surface area contributed by atoms with E-state index >= 15 is 0 Å². The minimum atomic E-state index is -0.783. The van der Waals surface area contributed by atoms with Gasteiger partial charge in [-0.05, 0) is 29.8 Å². The second kappa shape index (κ2) is 9.45. The first-order chi connectivity index (χ1) is 17.4. The lowest BCUT2D eigenvalue weighted by atomic mass is 10.1. The van der Waals surface area contributed by atoms with Crippen molar-refractivity contribution in [3.8, 4) is 5.75 Å². The van der Waals surface area contributed by atoms with Crippen molar-refractivity contribution in [3.05, 3.63) is 98.8 Å². The highest BCUT2D eigenvalue weighted by molar-refractivity contribution is 5.97. The summed E-state index contributed by atoms with van der Waals surface area (Å²) in [5.41, 5.74) is 0.00319. The predicted octanol–water partition coefficient (Wildman–Crippen LogP) is 2.33. The molecule has 1 amide bonds. The molecular weight excluding hydrogens is 469 g/mol. The lowest BCUT2D eigenvalue weighted by molar-refractivity contribution is 0.0948. The topological polar surface area (TPSA) is 121 Å². The van der Waals surface area contributed by atoms with Gasteiger partial charge in [-0.25, -0.2) is 18.9 Å². The number of fused-ring (bicyclic) bond motifs is 2. The molecule has 5 rings (SSSR count). The molecular formula is C25H20FN5O5. The standard InChI is InChI=1S/C25H20FN5O5/c1-35-20-7-3-5-16-11-18(25(34)36-21(16)20)23(32)27-8-9-31-22-19(12-29-31)24(33)30(14-28-22)13-15-4-2-6-17(26)10-15/h2-7,10-12,14H,8-9,13H2,1H3,(H,27,32). The third kappa shape index (κ3) is 4.33. The molecule has 0 bridgehead atoms. The van der Waals surface area contributed by atoms with Crippen LogP contribution in [0.1, 0.15) is 15.9 Å². The molecule has 0 unspecified atom stereocenters. The summed E-state index contributed by atoms with van der Waals surface area (Å²) >= 11 is 0. The Labute approximate surface area is 202 Å². The van der Waals surface area contributed by atoms with E-state index < -0.39 is 11.5 Å². The largest absolute Gasteiger partial charge is 0.493 e. The second-order valence-electron chi connectivity index (χ2n) is 7.99. The minimum absolute atomic E-state index is 0.124. The van der Waals surface area contributed by atoms with Crippen LogP contribution >= 0.6 is 0 Å². The molecule has 11 heteroatoms. The van der Waals surface area contributed by atoms with Gasteiger partial charge in [0.1, 0.15) is 23.1 Å². The van der Waals surface area contributed by atoms with Crippen molar-refractivity contribution in [2.24, 2.45) is 0 Å². The minimum Gasteiger partial charge on any atom is -0.493 e. The molecule has 2 aromatic carbocycles. The Morgan fingerprint density at radius 2 is 2.00 bits per heavy atom. The highest BCUT2D eigenvalue weighted by Gasteiger charge is 2.16. The first-order valence-electron chi connectivity index (χ1n) is 11.0. The number of halogens is 1. The average Bonchev–Trinajstić information content (AvgIpc) is 3.28. The summed E-state index contributed by atoms with van der Waals surface area (Å²) in [6.45, 7) is 0.503. The molecule has 3 heterocycles. The molecule has 1 N–H and O–H groups in total. The van der Waals surface area contributed by atoms with Gasteiger partial charge in [0, 0.05) is 11.9 Å². The zero-order chi connectivity index (χ0) is 25.2. The van der Waals surface area contributed by atoms with Crippen LogP contribution in [0.2, 0.25) is 0 Å². The summed E-state index contributed by atoms with van der Waals surface area (Å²) in [4.78, 5) is 42.1. The van der Waals surface area contributed by atoms with Crippen molar-refractivity contribution in [1.82, 2.24) is 24.6 Å². The van der Waals surface area contributed by atoms with Crippen LogP contribution in [0, 0.1) is 5.82 Å². The van der Waals surface area contributed by atoms with Crippen LogP contribution in [0.25, 0.3) is 22.0 Å². The van der Waals surface area contributed by atoms with Crippen LogP contribution in [0.3, 0.4) is 0 Å². The summed E-state index contributed by atoms with van der Waals surface area (Å²) in [7, 11) is 1.46. The zero-order valence-corrected chi connectivity index (χ0v) is 19.1. The number of hydrogen-bond acceptors (Lipinski definition) is 7. The molecule has 0 spiro atoms. The Kier molecular flexibility index (Phi) is 6.03. The Bertz CT molecular complexity index is 1720. The molecule has 10 nitrogen and oxygen atoms in total. The van der Waals surface area contributed by atoms with E-state index in [1.54, 1.807) is 30.3 Å². The van der Waals surface area contributed by atoms with Gasteiger partial charge in [-0.1, -0.05) is 24.3 Å². The molecule has 0 radical (unpaired) electrons. The number of nitrogens with zero attached hydrogens (tertiary/aromatic N) is 4. The summed E-state index contributed by atoms with van der Waals surface area (Å²) < 4.78 is 26.8. The van der Waals surface area contributed by atoms with E-state index in [0.29, 0.717) is 27.7 Å². The third-order valence-corrected chi connectivity index (χ3v) is 5.66. The van der Waals surface area contributed by atoms with E-state index in [2.05, 4.69) is 15.4 Å². The van der Waals surface area contributed by atoms with Crippen molar-refractivity contribution in [3.63, 3.8) is 0 Å². The molecule has 0 atom stereocenters. The van der Waals surface area contributed by atoms with Crippen LogP contribution in [0.4, 0.5) is 4.39 Å². The van der Waals surface area contributed by atoms with Crippen molar-refractivity contribution >= 4 is 27.9 Å². The van der Waals surface area contributed by atoms with Gasteiger partial charge >= 0.3 is 5.63 Å². The van der Waals surface area contributed by atoms with E-state index in [4.69, 9.17) is 9.15 Å². The molecule has 0 saturated carbocycles. The van der Waals surface area contributed by atoms with E-state index in [1.165, 1.54) is 47.1 Å². The van der Waals surface area contributed by atoms with Gasteiger partial charge < -0.3 is 14.5 Å². The fourth-order valence-corrected chi connectivity index (χ4v) is 3.91. The third-order valence-electron chi connectivity index (χ3n) is 5.66. The lowest BCUT2D eigenvalue weighted by Crippen LogP contribution is -2.31. The number of aromatic nitrogens is 4. The summed E-state index contributed by atoms with van der Waals surface area (Å²) in [5.74, 6) is -0.592. The Hall–Kier alpha value is -4.80. The number of carbonyl (C=O) groups excluding carboxylic acids is 1. The maximum atomic E-state index is 13.5. The SMILES string of the molecule is COc1cccc2cc(C(=O)NCCn3ncc4c(=O)n(Cc5cccc(F)c5)cnc43)c(=O)oc12. The average molecular weight is 489 g/mol.